The number of carbonyl (C=O) groups is 1. The average Bonchev–Trinajstić information content (AvgIpc) is 3.16. The van der Waals surface area contributed by atoms with Crippen molar-refractivity contribution in [2.24, 2.45) is 0 Å². The minimum absolute atomic E-state index is 0.0577. The van der Waals surface area contributed by atoms with Gasteiger partial charge in [0.05, 0.1) is 42.6 Å². The second kappa shape index (κ2) is 8.08. The SMILES string of the molecule is CCOc1cc([N+](=O)[O-])c(C(=O)N(C)Cc2c(C)nc3sc(C)cn23)cc1OC. The number of thiazole rings is 1. The zero-order valence-corrected chi connectivity index (χ0v) is 17.7. The summed E-state index contributed by atoms with van der Waals surface area (Å²) >= 11 is 1.57. The van der Waals surface area contributed by atoms with Crippen LogP contribution < -0.4 is 9.47 Å². The van der Waals surface area contributed by atoms with Gasteiger partial charge in [0.15, 0.2) is 16.5 Å². The normalized spacial score (nSPS) is 10.9. The first-order chi connectivity index (χ1) is 13.8. The smallest absolute Gasteiger partial charge is 0.286 e. The highest BCUT2D eigenvalue weighted by Crippen LogP contribution is 2.35. The summed E-state index contributed by atoms with van der Waals surface area (Å²) < 4.78 is 12.6. The molecule has 10 heteroatoms. The van der Waals surface area contributed by atoms with Gasteiger partial charge in [-0.25, -0.2) is 4.98 Å². The summed E-state index contributed by atoms with van der Waals surface area (Å²) in [6, 6.07) is 2.59. The lowest BCUT2D eigenvalue weighted by atomic mass is 10.1. The molecule has 0 bridgehead atoms. The van der Waals surface area contributed by atoms with Gasteiger partial charge in [-0.05, 0) is 20.8 Å². The summed E-state index contributed by atoms with van der Waals surface area (Å²) in [5.41, 5.74) is 1.29. The van der Waals surface area contributed by atoms with Crippen molar-refractivity contribution in [3.05, 3.63) is 50.3 Å². The van der Waals surface area contributed by atoms with E-state index in [1.807, 2.05) is 24.4 Å². The third-order valence-corrected chi connectivity index (χ3v) is 5.38. The molecule has 3 aromatic rings. The highest BCUT2D eigenvalue weighted by molar-refractivity contribution is 7.17. The molecule has 2 aromatic heterocycles. The molecule has 0 saturated carbocycles. The molecule has 0 atom stereocenters. The van der Waals surface area contributed by atoms with Crippen LogP contribution in [0.1, 0.15) is 33.5 Å². The van der Waals surface area contributed by atoms with Gasteiger partial charge in [0.25, 0.3) is 11.6 Å². The fourth-order valence-electron chi connectivity index (χ4n) is 3.10. The summed E-state index contributed by atoms with van der Waals surface area (Å²) in [6.45, 7) is 6.21. The molecule has 0 aliphatic carbocycles. The molecular weight excluding hydrogens is 396 g/mol. The molecule has 9 nitrogen and oxygen atoms in total. The fourth-order valence-corrected chi connectivity index (χ4v) is 3.99. The first-order valence-electron chi connectivity index (χ1n) is 8.95. The Hall–Kier alpha value is -3.14. The van der Waals surface area contributed by atoms with Crippen LogP contribution in [0.25, 0.3) is 4.96 Å². The molecule has 0 radical (unpaired) electrons. The number of fused-ring (bicyclic) bond motifs is 1. The Labute approximate surface area is 171 Å². The van der Waals surface area contributed by atoms with Gasteiger partial charge < -0.3 is 14.4 Å². The van der Waals surface area contributed by atoms with E-state index in [9.17, 15) is 14.9 Å². The maximum Gasteiger partial charge on any atom is 0.286 e. The maximum atomic E-state index is 13.1. The minimum atomic E-state index is -0.590. The van der Waals surface area contributed by atoms with Crippen LogP contribution in [0.3, 0.4) is 0 Å². The van der Waals surface area contributed by atoms with Gasteiger partial charge in [-0.3, -0.25) is 19.3 Å². The summed E-state index contributed by atoms with van der Waals surface area (Å²) in [6.07, 6.45) is 1.97. The molecule has 1 amide bonds. The van der Waals surface area contributed by atoms with Crippen molar-refractivity contribution in [3.63, 3.8) is 0 Å². The number of hydrogen-bond donors (Lipinski definition) is 0. The molecule has 0 aliphatic rings. The van der Waals surface area contributed by atoms with Crippen molar-refractivity contribution in [1.82, 2.24) is 14.3 Å². The van der Waals surface area contributed by atoms with Crippen molar-refractivity contribution >= 4 is 27.9 Å². The molecule has 3 rings (SSSR count). The number of aryl methyl sites for hydroxylation is 2. The molecule has 29 heavy (non-hydrogen) atoms. The van der Waals surface area contributed by atoms with E-state index in [0.29, 0.717) is 6.61 Å². The van der Waals surface area contributed by atoms with Crippen LogP contribution in [0.5, 0.6) is 11.5 Å². The number of amides is 1. The third-order valence-electron chi connectivity index (χ3n) is 4.48. The first kappa shape index (κ1) is 20.6. The Balaban J connectivity index is 1.97. The van der Waals surface area contributed by atoms with Gasteiger partial charge >= 0.3 is 0 Å². The number of carbonyl (C=O) groups excluding carboxylic acids is 1. The van der Waals surface area contributed by atoms with E-state index in [1.165, 1.54) is 24.1 Å². The van der Waals surface area contributed by atoms with Crippen molar-refractivity contribution in [2.45, 2.75) is 27.3 Å². The molecule has 1 aromatic carbocycles. The third kappa shape index (κ3) is 3.88. The van der Waals surface area contributed by atoms with Crippen molar-refractivity contribution in [3.8, 4) is 11.5 Å². The molecule has 0 aliphatic heterocycles. The number of nitrogens with zero attached hydrogens (tertiary/aromatic N) is 4. The highest BCUT2D eigenvalue weighted by atomic mass is 32.1. The van der Waals surface area contributed by atoms with Crippen LogP contribution in [0.15, 0.2) is 18.3 Å². The second-order valence-electron chi connectivity index (χ2n) is 6.51. The molecule has 0 fully saturated rings. The zero-order valence-electron chi connectivity index (χ0n) is 16.9. The predicted octanol–water partition coefficient (Wildman–Crippen LogP) is 3.60. The Morgan fingerprint density at radius 3 is 2.69 bits per heavy atom. The lowest BCUT2D eigenvalue weighted by molar-refractivity contribution is -0.385. The van der Waals surface area contributed by atoms with E-state index >= 15 is 0 Å². The van der Waals surface area contributed by atoms with E-state index < -0.39 is 10.8 Å². The van der Waals surface area contributed by atoms with Crippen molar-refractivity contribution < 1.29 is 19.2 Å². The summed E-state index contributed by atoms with van der Waals surface area (Å²) in [4.78, 5) is 32.0. The van der Waals surface area contributed by atoms with Crippen molar-refractivity contribution in [1.29, 1.82) is 0 Å². The van der Waals surface area contributed by atoms with E-state index in [1.54, 1.807) is 25.3 Å². The van der Waals surface area contributed by atoms with Gasteiger partial charge in [0, 0.05) is 24.2 Å². The molecule has 0 saturated heterocycles. The first-order valence-corrected chi connectivity index (χ1v) is 9.77. The Morgan fingerprint density at radius 1 is 1.34 bits per heavy atom. The van der Waals surface area contributed by atoms with E-state index in [4.69, 9.17) is 9.47 Å². The number of imidazole rings is 1. The second-order valence-corrected chi connectivity index (χ2v) is 7.72. The number of nitro benzene ring substituents is 1. The fraction of sp³-hybridized carbons (Fsp3) is 0.368. The lowest BCUT2D eigenvalue weighted by Gasteiger charge is -2.18. The Kier molecular flexibility index (Phi) is 5.73. The largest absolute Gasteiger partial charge is 0.493 e. The van der Waals surface area contributed by atoms with Crippen LogP contribution >= 0.6 is 11.3 Å². The van der Waals surface area contributed by atoms with Gasteiger partial charge in [0.1, 0.15) is 5.56 Å². The summed E-state index contributed by atoms with van der Waals surface area (Å²) in [5, 5.41) is 11.6. The summed E-state index contributed by atoms with van der Waals surface area (Å²) in [7, 11) is 3.03. The monoisotopic (exact) mass is 418 g/mol. The van der Waals surface area contributed by atoms with Gasteiger partial charge in [-0.1, -0.05) is 0 Å². The Bertz CT molecular complexity index is 1090. The number of methoxy groups -OCH3 is 1. The molecular formula is C19H22N4O5S. The van der Waals surface area contributed by atoms with E-state index in [-0.39, 0.29) is 29.3 Å². The lowest BCUT2D eigenvalue weighted by Crippen LogP contribution is -2.28. The maximum absolute atomic E-state index is 13.1. The number of nitro groups is 1. The van der Waals surface area contributed by atoms with Gasteiger partial charge in [-0.2, -0.15) is 0 Å². The van der Waals surface area contributed by atoms with Crippen LogP contribution in [0, 0.1) is 24.0 Å². The highest BCUT2D eigenvalue weighted by Gasteiger charge is 2.27. The molecule has 154 valence electrons. The van der Waals surface area contributed by atoms with Crippen LogP contribution in [0.4, 0.5) is 5.69 Å². The number of aromatic nitrogens is 2. The zero-order chi connectivity index (χ0) is 21.3. The predicted molar refractivity (Wildman–Crippen MR) is 109 cm³/mol. The number of ether oxygens (including phenoxy) is 2. The molecule has 0 spiro atoms. The standard InChI is InChI=1S/C19H22N4O5S/c1-6-28-17-8-14(23(25)26)13(7-16(17)27-5)18(24)21(4)10-15-12(3)20-19-22(15)9-11(2)29-19/h7-9H,6,10H2,1-5H3. The van der Waals surface area contributed by atoms with Gasteiger partial charge in [-0.15, -0.1) is 11.3 Å². The van der Waals surface area contributed by atoms with E-state index in [0.717, 1.165) is 21.2 Å². The average molecular weight is 418 g/mol. The van der Waals surface area contributed by atoms with Crippen molar-refractivity contribution in [2.75, 3.05) is 20.8 Å². The minimum Gasteiger partial charge on any atom is -0.493 e. The quantitative estimate of drug-likeness (QED) is 0.429. The molecule has 0 N–H and O–H groups in total. The van der Waals surface area contributed by atoms with Crippen LogP contribution in [-0.4, -0.2) is 45.9 Å². The Morgan fingerprint density at radius 2 is 2.07 bits per heavy atom. The van der Waals surface area contributed by atoms with Gasteiger partial charge in [0.2, 0.25) is 0 Å². The molecule has 2 heterocycles. The molecule has 0 unspecified atom stereocenters. The number of rotatable bonds is 7. The number of hydrogen-bond acceptors (Lipinski definition) is 7. The van der Waals surface area contributed by atoms with Crippen LogP contribution in [0.2, 0.25) is 0 Å². The summed E-state index contributed by atoms with van der Waals surface area (Å²) in [5.74, 6) is 0.00734. The number of benzene rings is 1. The van der Waals surface area contributed by atoms with E-state index in [2.05, 4.69) is 4.98 Å². The van der Waals surface area contributed by atoms with Crippen LogP contribution in [-0.2, 0) is 6.54 Å². The topological polar surface area (TPSA) is 99.2 Å².